The van der Waals surface area contributed by atoms with E-state index in [-0.39, 0.29) is 5.78 Å². The summed E-state index contributed by atoms with van der Waals surface area (Å²) in [6.07, 6.45) is 3.01. The number of Topliss-reactive ketones (excluding diaryl/α,β-unsaturated/α-hetero) is 1. The van der Waals surface area contributed by atoms with Crippen molar-refractivity contribution < 1.29 is 9.53 Å². The summed E-state index contributed by atoms with van der Waals surface area (Å²) in [7, 11) is 0. The van der Waals surface area contributed by atoms with Crippen LogP contribution in [-0.2, 0) is 6.42 Å². The van der Waals surface area contributed by atoms with Crippen LogP contribution < -0.4 is 10.1 Å². The molecule has 0 amide bonds. The largest absolute Gasteiger partial charge is 0.457 e. The molecule has 26 heavy (non-hydrogen) atoms. The molecular formula is C21H19N3O2. The van der Waals surface area contributed by atoms with Crippen molar-refractivity contribution >= 4 is 17.4 Å². The number of aromatic nitrogens is 2. The third-order valence-electron chi connectivity index (χ3n) is 4.33. The predicted molar refractivity (Wildman–Crippen MR) is 100 cm³/mol. The normalized spacial score (nSPS) is 16.0. The number of hydrogen-bond donors (Lipinski definition) is 1. The van der Waals surface area contributed by atoms with Crippen molar-refractivity contribution in [1.82, 2.24) is 9.97 Å². The average Bonchev–Trinajstić information content (AvgIpc) is 2.64. The fraction of sp³-hybridized carbons (Fsp3) is 0.190. The molecule has 130 valence electrons. The lowest BCUT2D eigenvalue weighted by Gasteiger charge is -2.19. The van der Waals surface area contributed by atoms with Gasteiger partial charge >= 0.3 is 0 Å². The molecule has 5 nitrogen and oxygen atoms in total. The molecule has 0 spiro atoms. The second-order valence-electron chi connectivity index (χ2n) is 6.56. The van der Waals surface area contributed by atoms with Gasteiger partial charge in [0, 0.05) is 18.3 Å². The predicted octanol–water partition coefficient (Wildman–Crippen LogP) is 4.78. The Morgan fingerprint density at radius 3 is 2.50 bits per heavy atom. The number of anilines is 2. The number of para-hydroxylation sites is 1. The SMILES string of the molecule is C[C@H]1CC(=O)c2cnc(Nc3ccc(Oc4ccccc4)cc3)nc2C1. The van der Waals surface area contributed by atoms with E-state index in [1.54, 1.807) is 6.20 Å². The first-order valence-electron chi connectivity index (χ1n) is 8.66. The first-order chi connectivity index (χ1) is 12.7. The van der Waals surface area contributed by atoms with Gasteiger partial charge in [0.05, 0.1) is 11.3 Å². The average molecular weight is 345 g/mol. The molecule has 0 radical (unpaired) electrons. The molecule has 0 saturated carbocycles. The number of carbonyl (C=O) groups is 1. The van der Waals surface area contributed by atoms with Crippen LogP contribution in [0.5, 0.6) is 11.5 Å². The highest BCUT2D eigenvalue weighted by Gasteiger charge is 2.24. The van der Waals surface area contributed by atoms with Crippen LogP contribution in [-0.4, -0.2) is 15.8 Å². The summed E-state index contributed by atoms with van der Waals surface area (Å²) in [6, 6.07) is 17.2. The second kappa shape index (κ2) is 6.96. The van der Waals surface area contributed by atoms with Gasteiger partial charge in [-0.15, -0.1) is 0 Å². The van der Waals surface area contributed by atoms with Gasteiger partial charge in [0.25, 0.3) is 0 Å². The molecule has 2 aromatic carbocycles. The fourth-order valence-electron chi connectivity index (χ4n) is 3.05. The van der Waals surface area contributed by atoms with Crippen molar-refractivity contribution in [3.05, 3.63) is 72.1 Å². The van der Waals surface area contributed by atoms with Crippen molar-refractivity contribution in [1.29, 1.82) is 0 Å². The van der Waals surface area contributed by atoms with Crippen LogP contribution in [0.1, 0.15) is 29.4 Å². The second-order valence-corrected chi connectivity index (χ2v) is 6.56. The number of fused-ring (bicyclic) bond motifs is 1. The van der Waals surface area contributed by atoms with Gasteiger partial charge in [0.15, 0.2) is 5.78 Å². The zero-order valence-corrected chi connectivity index (χ0v) is 14.5. The Labute approximate surface area is 152 Å². The molecule has 4 rings (SSSR count). The molecule has 1 N–H and O–H groups in total. The van der Waals surface area contributed by atoms with Crippen LogP contribution in [0.15, 0.2) is 60.8 Å². The van der Waals surface area contributed by atoms with Crippen molar-refractivity contribution in [3.8, 4) is 11.5 Å². The van der Waals surface area contributed by atoms with Gasteiger partial charge in [-0.3, -0.25) is 4.79 Å². The molecule has 1 aliphatic rings. The van der Waals surface area contributed by atoms with E-state index in [9.17, 15) is 4.79 Å². The number of benzene rings is 2. The Morgan fingerprint density at radius 1 is 1.00 bits per heavy atom. The molecule has 5 heteroatoms. The zero-order chi connectivity index (χ0) is 17.9. The molecule has 0 saturated heterocycles. The number of rotatable bonds is 4. The van der Waals surface area contributed by atoms with E-state index in [1.807, 2.05) is 54.6 Å². The lowest BCUT2D eigenvalue weighted by atomic mass is 9.88. The number of nitrogens with one attached hydrogen (secondary N) is 1. The molecule has 0 unspecified atom stereocenters. The molecule has 0 fully saturated rings. The molecule has 1 aromatic heterocycles. The number of carbonyl (C=O) groups excluding carboxylic acids is 1. The Hall–Kier alpha value is -3.21. The number of hydrogen-bond acceptors (Lipinski definition) is 5. The van der Waals surface area contributed by atoms with Crippen LogP contribution in [0.3, 0.4) is 0 Å². The van der Waals surface area contributed by atoms with Gasteiger partial charge in [0.1, 0.15) is 11.5 Å². The maximum atomic E-state index is 12.0. The highest BCUT2D eigenvalue weighted by atomic mass is 16.5. The topological polar surface area (TPSA) is 64.1 Å². The number of nitrogens with zero attached hydrogens (tertiary/aromatic N) is 2. The van der Waals surface area contributed by atoms with Gasteiger partial charge < -0.3 is 10.1 Å². The van der Waals surface area contributed by atoms with Crippen LogP contribution in [0.2, 0.25) is 0 Å². The van der Waals surface area contributed by atoms with Crippen molar-refractivity contribution in [2.75, 3.05) is 5.32 Å². The van der Waals surface area contributed by atoms with E-state index in [0.29, 0.717) is 23.9 Å². The van der Waals surface area contributed by atoms with Gasteiger partial charge in [-0.2, -0.15) is 0 Å². The maximum absolute atomic E-state index is 12.0. The highest BCUT2D eigenvalue weighted by molar-refractivity contribution is 5.98. The molecule has 0 bridgehead atoms. The summed E-state index contributed by atoms with van der Waals surface area (Å²) in [5, 5.41) is 3.19. The van der Waals surface area contributed by atoms with E-state index in [2.05, 4.69) is 22.2 Å². The van der Waals surface area contributed by atoms with Crippen LogP contribution >= 0.6 is 0 Å². The lowest BCUT2D eigenvalue weighted by molar-refractivity contribution is 0.0951. The van der Waals surface area contributed by atoms with Gasteiger partial charge in [-0.25, -0.2) is 9.97 Å². The Bertz CT molecular complexity index is 924. The standard InChI is InChI=1S/C21H19N3O2/c1-14-11-19-18(20(25)12-14)13-22-21(24-19)23-15-7-9-17(10-8-15)26-16-5-3-2-4-6-16/h2-10,13-14H,11-12H2,1H3,(H,22,23,24)/t14-/m1/s1. The van der Waals surface area contributed by atoms with Crippen LogP contribution in [0, 0.1) is 5.92 Å². The Balaban J connectivity index is 1.48. The summed E-state index contributed by atoms with van der Waals surface area (Å²) in [5.74, 6) is 2.51. The molecule has 1 atom stereocenters. The van der Waals surface area contributed by atoms with E-state index >= 15 is 0 Å². The van der Waals surface area contributed by atoms with E-state index in [1.165, 1.54) is 0 Å². The molecule has 3 aromatic rings. The zero-order valence-electron chi connectivity index (χ0n) is 14.5. The fourth-order valence-corrected chi connectivity index (χ4v) is 3.05. The van der Waals surface area contributed by atoms with Crippen LogP contribution in [0.4, 0.5) is 11.6 Å². The number of ether oxygens (including phenoxy) is 1. The van der Waals surface area contributed by atoms with Crippen molar-refractivity contribution in [3.63, 3.8) is 0 Å². The Kier molecular flexibility index (Phi) is 4.35. The lowest BCUT2D eigenvalue weighted by Crippen LogP contribution is -2.20. The van der Waals surface area contributed by atoms with Gasteiger partial charge in [-0.1, -0.05) is 25.1 Å². The monoisotopic (exact) mass is 345 g/mol. The molecule has 1 heterocycles. The quantitative estimate of drug-likeness (QED) is 0.737. The summed E-state index contributed by atoms with van der Waals surface area (Å²) in [5.41, 5.74) is 2.34. The molecule has 1 aliphatic carbocycles. The molecular weight excluding hydrogens is 326 g/mol. The summed E-state index contributed by atoms with van der Waals surface area (Å²) < 4.78 is 5.79. The third kappa shape index (κ3) is 3.57. The Morgan fingerprint density at radius 2 is 1.73 bits per heavy atom. The molecule has 0 aliphatic heterocycles. The first-order valence-corrected chi connectivity index (χ1v) is 8.66. The minimum Gasteiger partial charge on any atom is -0.457 e. The number of ketones is 1. The smallest absolute Gasteiger partial charge is 0.227 e. The third-order valence-corrected chi connectivity index (χ3v) is 4.33. The van der Waals surface area contributed by atoms with E-state index < -0.39 is 0 Å². The van der Waals surface area contributed by atoms with E-state index in [4.69, 9.17) is 4.74 Å². The van der Waals surface area contributed by atoms with Crippen LogP contribution in [0.25, 0.3) is 0 Å². The summed E-state index contributed by atoms with van der Waals surface area (Å²) in [6.45, 7) is 2.07. The maximum Gasteiger partial charge on any atom is 0.227 e. The van der Waals surface area contributed by atoms with Gasteiger partial charge in [-0.05, 0) is 48.7 Å². The summed E-state index contributed by atoms with van der Waals surface area (Å²) in [4.78, 5) is 20.8. The van der Waals surface area contributed by atoms with Gasteiger partial charge in [0.2, 0.25) is 5.95 Å². The minimum absolute atomic E-state index is 0.132. The first kappa shape index (κ1) is 16.3. The minimum atomic E-state index is 0.132. The van der Waals surface area contributed by atoms with E-state index in [0.717, 1.165) is 29.3 Å². The highest BCUT2D eigenvalue weighted by Crippen LogP contribution is 2.26. The van der Waals surface area contributed by atoms with Crippen molar-refractivity contribution in [2.24, 2.45) is 5.92 Å². The summed E-state index contributed by atoms with van der Waals surface area (Å²) >= 11 is 0. The van der Waals surface area contributed by atoms with Crippen molar-refractivity contribution in [2.45, 2.75) is 19.8 Å².